The van der Waals surface area contributed by atoms with Crippen LogP contribution in [0.1, 0.15) is 82.9 Å². The highest BCUT2D eigenvalue weighted by molar-refractivity contribution is 6.15. The lowest BCUT2D eigenvalue weighted by atomic mass is 9.83. The fourth-order valence-electron chi connectivity index (χ4n) is 6.72. The van der Waals surface area contributed by atoms with Crippen LogP contribution in [0.15, 0.2) is 121 Å². The van der Waals surface area contributed by atoms with Crippen LogP contribution in [0.25, 0.3) is 0 Å². The molecule has 0 bridgehead atoms. The van der Waals surface area contributed by atoms with E-state index in [2.05, 4.69) is 39.1 Å². The van der Waals surface area contributed by atoms with Gasteiger partial charge in [0.2, 0.25) is 0 Å². The first-order valence-corrected chi connectivity index (χ1v) is 17.3. The number of cyclic esters (lactones) is 2. The van der Waals surface area contributed by atoms with Crippen molar-refractivity contribution in [1.82, 2.24) is 15.2 Å². The molecule has 2 N–H and O–H groups in total. The number of aliphatic hydroxyl groups excluding tert-OH is 1. The Morgan fingerprint density at radius 3 is 2.23 bits per heavy atom. The number of nitrogens with one attached hydrogen (secondary N) is 1. The monoisotopic (exact) mass is 697 g/mol. The van der Waals surface area contributed by atoms with E-state index in [1.807, 2.05) is 91.1 Å². The third-order valence-electron chi connectivity index (χ3n) is 9.55. The molecule has 0 spiro atoms. The van der Waals surface area contributed by atoms with Crippen LogP contribution in [0.3, 0.4) is 0 Å². The zero-order valence-electron chi connectivity index (χ0n) is 28.7. The van der Waals surface area contributed by atoms with Crippen LogP contribution in [-0.2, 0) is 33.8 Å². The van der Waals surface area contributed by atoms with E-state index in [1.165, 1.54) is 18.2 Å². The minimum absolute atomic E-state index is 0.0426. The third-order valence-corrected chi connectivity index (χ3v) is 9.55. The van der Waals surface area contributed by atoms with Gasteiger partial charge in [-0.1, -0.05) is 84.9 Å². The molecule has 0 aliphatic carbocycles. The molecule has 10 heteroatoms. The summed E-state index contributed by atoms with van der Waals surface area (Å²) in [6.45, 7) is 1.65. The normalized spacial score (nSPS) is 19.7. The van der Waals surface area contributed by atoms with Gasteiger partial charge in [-0.05, 0) is 59.6 Å². The number of fused-ring (bicyclic) bond motifs is 1. The van der Waals surface area contributed by atoms with E-state index in [1.54, 1.807) is 0 Å². The highest BCUT2D eigenvalue weighted by Crippen LogP contribution is 2.47. The van der Waals surface area contributed by atoms with Crippen LogP contribution < -0.4 is 5.32 Å². The third kappa shape index (κ3) is 7.85. The molecule has 1 aromatic heterocycles. The van der Waals surface area contributed by atoms with Gasteiger partial charge < -0.3 is 29.5 Å². The standard InChI is InChI=1S/C42H39N3O7/c1-45(22-20-33-9-5-6-21-43-33)25-36-37(29-7-3-2-4-8-29)38(30-14-12-28(26-46)13-15-30)51-42(50-36)31-16-10-27(11-17-31)24-44-39(47)32-18-19-34-35(23-32)41(49)52-40(34)48/h2-19,21,23,36-38,42,46H,20,22,24-26H2,1H3,(H,44,47). The number of pyridine rings is 1. The van der Waals surface area contributed by atoms with Crippen molar-refractivity contribution in [2.45, 2.75) is 44.0 Å². The SMILES string of the molecule is CN(CCc1ccccn1)CC1OC(c2ccc(CNC(=O)c3ccc4c(c3)C(=O)OC4=O)cc2)OC(c2ccc(CO)cc2)C1c1ccccc1. The zero-order valence-corrected chi connectivity index (χ0v) is 28.7. The molecule has 52 heavy (non-hydrogen) atoms. The van der Waals surface area contributed by atoms with Crippen LogP contribution in [0.2, 0.25) is 0 Å². The highest BCUT2D eigenvalue weighted by atomic mass is 16.7. The van der Waals surface area contributed by atoms with Gasteiger partial charge in [-0.3, -0.25) is 9.78 Å². The number of rotatable bonds is 12. The second kappa shape index (κ2) is 15.8. The lowest BCUT2D eigenvalue weighted by Crippen LogP contribution is -2.43. The quantitative estimate of drug-likeness (QED) is 0.121. The minimum atomic E-state index is -0.754. The summed E-state index contributed by atoms with van der Waals surface area (Å²) in [4.78, 5) is 43.4. The first-order chi connectivity index (χ1) is 25.4. The predicted molar refractivity (Wildman–Crippen MR) is 192 cm³/mol. The largest absolute Gasteiger partial charge is 0.392 e. The Balaban J connectivity index is 1.10. The molecule has 264 valence electrons. The Morgan fingerprint density at radius 2 is 1.50 bits per heavy atom. The van der Waals surface area contributed by atoms with E-state index < -0.39 is 18.2 Å². The molecule has 1 amide bonds. The zero-order chi connectivity index (χ0) is 36.0. The van der Waals surface area contributed by atoms with Crippen molar-refractivity contribution in [3.63, 3.8) is 0 Å². The van der Waals surface area contributed by atoms with Crippen molar-refractivity contribution in [3.05, 3.63) is 172 Å². The number of benzene rings is 4. The van der Waals surface area contributed by atoms with Gasteiger partial charge in [0.25, 0.3) is 5.91 Å². The number of aromatic nitrogens is 1. The van der Waals surface area contributed by atoms with E-state index in [0.29, 0.717) is 6.54 Å². The van der Waals surface area contributed by atoms with Crippen LogP contribution in [0.4, 0.5) is 0 Å². The summed E-state index contributed by atoms with van der Waals surface area (Å²) >= 11 is 0. The molecule has 5 aromatic rings. The number of hydrogen-bond acceptors (Lipinski definition) is 9. The highest BCUT2D eigenvalue weighted by Gasteiger charge is 2.42. The maximum Gasteiger partial charge on any atom is 0.346 e. The summed E-state index contributed by atoms with van der Waals surface area (Å²) in [5.41, 5.74) is 6.15. The van der Waals surface area contributed by atoms with E-state index in [0.717, 1.165) is 46.5 Å². The number of nitrogens with zero attached hydrogens (tertiary/aromatic N) is 2. The predicted octanol–water partition coefficient (Wildman–Crippen LogP) is 5.93. The van der Waals surface area contributed by atoms with Gasteiger partial charge in [0.1, 0.15) is 0 Å². The van der Waals surface area contributed by atoms with Crippen LogP contribution in [0.5, 0.6) is 0 Å². The second-order valence-corrected chi connectivity index (χ2v) is 13.1. The van der Waals surface area contributed by atoms with Crippen molar-refractivity contribution >= 4 is 17.8 Å². The fourth-order valence-corrected chi connectivity index (χ4v) is 6.72. The van der Waals surface area contributed by atoms with Crippen molar-refractivity contribution in [2.75, 3.05) is 20.1 Å². The number of aliphatic hydroxyl groups is 1. The number of amides is 1. The number of hydrogen-bond donors (Lipinski definition) is 2. The average Bonchev–Trinajstić information content (AvgIpc) is 3.48. The smallest absolute Gasteiger partial charge is 0.346 e. The number of likely N-dealkylation sites (N-methyl/N-ethyl adjacent to an activating group) is 1. The van der Waals surface area contributed by atoms with E-state index in [4.69, 9.17) is 9.47 Å². The van der Waals surface area contributed by atoms with Crippen LogP contribution >= 0.6 is 0 Å². The molecular weight excluding hydrogens is 658 g/mol. The number of carbonyl (C=O) groups excluding carboxylic acids is 3. The Kier molecular flexibility index (Phi) is 10.6. The summed E-state index contributed by atoms with van der Waals surface area (Å²) < 4.78 is 18.3. The van der Waals surface area contributed by atoms with Crippen LogP contribution in [0, 0.1) is 0 Å². The summed E-state index contributed by atoms with van der Waals surface area (Å²) in [5, 5.41) is 12.6. The fraction of sp³-hybridized carbons (Fsp3) is 0.238. The lowest BCUT2D eigenvalue weighted by molar-refractivity contribution is -0.263. The molecule has 7 rings (SSSR count). The van der Waals surface area contributed by atoms with Gasteiger partial charge in [-0.15, -0.1) is 0 Å². The Morgan fingerprint density at radius 1 is 0.788 bits per heavy atom. The molecular formula is C42H39N3O7. The molecule has 10 nitrogen and oxygen atoms in total. The van der Waals surface area contributed by atoms with Gasteiger partial charge in [0.15, 0.2) is 6.29 Å². The van der Waals surface area contributed by atoms with Gasteiger partial charge in [0.05, 0.1) is 29.9 Å². The maximum atomic E-state index is 12.9. The van der Waals surface area contributed by atoms with Gasteiger partial charge in [-0.2, -0.15) is 0 Å². The molecule has 1 saturated heterocycles. The molecule has 0 radical (unpaired) electrons. The Bertz CT molecular complexity index is 2020. The summed E-state index contributed by atoms with van der Waals surface area (Å²) in [6.07, 6.45) is 1.37. The molecule has 1 fully saturated rings. The van der Waals surface area contributed by atoms with E-state index in [-0.39, 0.29) is 53.9 Å². The lowest BCUT2D eigenvalue weighted by Gasteiger charge is -2.44. The Labute approximate surface area is 302 Å². The maximum absolute atomic E-state index is 12.9. The van der Waals surface area contributed by atoms with Gasteiger partial charge >= 0.3 is 11.9 Å². The average molecular weight is 698 g/mol. The Hall–Kier alpha value is -5.52. The van der Waals surface area contributed by atoms with Crippen molar-refractivity contribution < 1.29 is 33.7 Å². The minimum Gasteiger partial charge on any atom is -0.392 e. The number of ether oxygens (including phenoxy) is 3. The van der Waals surface area contributed by atoms with E-state index >= 15 is 0 Å². The van der Waals surface area contributed by atoms with Crippen molar-refractivity contribution in [3.8, 4) is 0 Å². The van der Waals surface area contributed by atoms with Gasteiger partial charge in [-0.25, -0.2) is 9.59 Å². The molecule has 4 atom stereocenters. The first-order valence-electron chi connectivity index (χ1n) is 17.3. The molecule has 2 aliphatic rings. The topological polar surface area (TPSA) is 127 Å². The van der Waals surface area contributed by atoms with Crippen molar-refractivity contribution in [2.24, 2.45) is 0 Å². The summed E-state index contributed by atoms with van der Waals surface area (Å²) in [6, 6.07) is 36.2. The summed E-state index contributed by atoms with van der Waals surface area (Å²) in [7, 11) is 2.10. The number of carbonyl (C=O) groups is 3. The van der Waals surface area contributed by atoms with Crippen molar-refractivity contribution in [1.29, 1.82) is 0 Å². The molecule has 4 unspecified atom stereocenters. The number of esters is 2. The molecule has 3 heterocycles. The first kappa shape index (κ1) is 34.9. The van der Waals surface area contributed by atoms with Gasteiger partial charge in [0, 0.05) is 55.0 Å². The van der Waals surface area contributed by atoms with Crippen LogP contribution in [-0.4, -0.2) is 59.1 Å². The van der Waals surface area contributed by atoms with E-state index in [9.17, 15) is 19.5 Å². The molecule has 0 saturated carbocycles. The second-order valence-electron chi connectivity index (χ2n) is 13.1. The molecule has 4 aromatic carbocycles. The molecule has 2 aliphatic heterocycles. The summed E-state index contributed by atoms with van der Waals surface area (Å²) in [5.74, 6) is -1.97.